The van der Waals surface area contributed by atoms with Crippen LogP contribution in [-0.2, 0) is 21.0 Å². The van der Waals surface area contributed by atoms with Crippen molar-refractivity contribution < 1.29 is 27.8 Å². The fourth-order valence-electron chi connectivity index (χ4n) is 4.96. The Balaban J connectivity index is 1.31. The van der Waals surface area contributed by atoms with Crippen molar-refractivity contribution in [3.63, 3.8) is 0 Å². The maximum atomic E-state index is 14.8. The van der Waals surface area contributed by atoms with E-state index in [2.05, 4.69) is 25.5 Å². The molecule has 1 aliphatic rings. The Morgan fingerprint density at radius 1 is 1.13 bits per heavy atom. The lowest BCUT2D eigenvalue weighted by atomic mass is 9.87. The standard InChI is InChI=1S/C30H36F2N8O4S/c1-5-43-19-8-6-18(7-9-19)40-14-21(25(38-40)24-20(31)10-11-23(32)37-24)35-27(41)22-15-45-28(36-22)17-12-34-39(13-17)16-44-29(42)26(33)30(2,3)4/h10-15,18-19,26H,5-9,16,33H2,1-4H3,(H,35,41)/t18?,19?,26-/m0/s1. The molecule has 3 N–H and O–H groups in total. The first-order chi connectivity index (χ1) is 21.4. The van der Waals surface area contributed by atoms with E-state index in [1.165, 1.54) is 16.0 Å². The van der Waals surface area contributed by atoms with Crippen LogP contribution in [0.4, 0.5) is 14.5 Å². The van der Waals surface area contributed by atoms with Crippen molar-refractivity contribution in [2.75, 3.05) is 11.9 Å². The Kier molecular flexibility index (Phi) is 9.70. The Morgan fingerprint density at radius 3 is 2.60 bits per heavy atom. The minimum Gasteiger partial charge on any atom is -0.441 e. The third kappa shape index (κ3) is 7.60. The molecule has 0 saturated heterocycles. The van der Waals surface area contributed by atoms with E-state index < -0.39 is 35.1 Å². The van der Waals surface area contributed by atoms with E-state index in [0.29, 0.717) is 17.2 Å². The summed E-state index contributed by atoms with van der Waals surface area (Å²) < 4.78 is 43.0. The van der Waals surface area contributed by atoms with Crippen LogP contribution in [0.2, 0.25) is 0 Å². The van der Waals surface area contributed by atoms with E-state index in [1.54, 1.807) is 28.7 Å². The molecule has 1 saturated carbocycles. The van der Waals surface area contributed by atoms with Gasteiger partial charge < -0.3 is 20.5 Å². The second-order valence-corrected chi connectivity index (χ2v) is 12.8. The maximum absolute atomic E-state index is 14.8. The molecule has 0 spiro atoms. The van der Waals surface area contributed by atoms with Gasteiger partial charge in [-0.25, -0.2) is 19.0 Å². The van der Waals surface area contributed by atoms with Gasteiger partial charge >= 0.3 is 5.97 Å². The molecule has 0 unspecified atom stereocenters. The second kappa shape index (κ2) is 13.5. The van der Waals surface area contributed by atoms with Crippen LogP contribution in [0, 0.1) is 17.2 Å². The third-order valence-corrected chi connectivity index (χ3v) is 8.47. The van der Waals surface area contributed by atoms with Gasteiger partial charge in [0.1, 0.15) is 28.1 Å². The molecule has 12 nitrogen and oxygen atoms in total. The number of esters is 1. The van der Waals surface area contributed by atoms with Crippen LogP contribution < -0.4 is 11.1 Å². The largest absolute Gasteiger partial charge is 0.441 e. The molecule has 0 aliphatic heterocycles. The molecule has 5 rings (SSSR count). The van der Waals surface area contributed by atoms with Gasteiger partial charge in [0.25, 0.3) is 5.91 Å². The summed E-state index contributed by atoms with van der Waals surface area (Å²) in [7, 11) is 0. The lowest BCUT2D eigenvalue weighted by Gasteiger charge is -2.28. The first kappa shape index (κ1) is 32.3. The molecule has 0 aromatic carbocycles. The molecular weight excluding hydrogens is 606 g/mol. The minimum absolute atomic E-state index is 0.00591. The summed E-state index contributed by atoms with van der Waals surface area (Å²) in [5.74, 6) is -2.74. The number of thiazole rings is 1. The minimum atomic E-state index is -0.869. The molecule has 0 bridgehead atoms. The zero-order chi connectivity index (χ0) is 32.3. The highest BCUT2D eigenvalue weighted by Crippen LogP contribution is 2.35. The van der Waals surface area contributed by atoms with E-state index in [0.717, 1.165) is 37.8 Å². The number of ether oxygens (including phenoxy) is 2. The number of amides is 1. The van der Waals surface area contributed by atoms with Crippen LogP contribution in [-0.4, -0.2) is 60.2 Å². The van der Waals surface area contributed by atoms with Crippen molar-refractivity contribution in [1.82, 2.24) is 29.5 Å². The van der Waals surface area contributed by atoms with Gasteiger partial charge in [-0.05, 0) is 50.2 Å². The lowest BCUT2D eigenvalue weighted by molar-refractivity contribution is -0.152. The highest BCUT2D eigenvalue weighted by molar-refractivity contribution is 7.13. The van der Waals surface area contributed by atoms with E-state index in [9.17, 15) is 18.4 Å². The molecule has 45 heavy (non-hydrogen) atoms. The molecule has 1 atom stereocenters. The number of halogens is 2. The smallest absolute Gasteiger partial charge is 0.325 e. The fourth-order valence-corrected chi connectivity index (χ4v) is 5.73. The summed E-state index contributed by atoms with van der Waals surface area (Å²) >= 11 is 1.22. The Morgan fingerprint density at radius 2 is 1.89 bits per heavy atom. The van der Waals surface area contributed by atoms with Crippen molar-refractivity contribution in [3.8, 4) is 22.0 Å². The third-order valence-electron chi connectivity index (χ3n) is 7.58. The highest BCUT2D eigenvalue weighted by atomic mass is 32.1. The van der Waals surface area contributed by atoms with Crippen LogP contribution in [0.25, 0.3) is 22.0 Å². The number of nitrogens with two attached hydrogens (primary N) is 1. The summed E-state index contributed by atoms with van der Waals surface area (Å²) in [6.07, 6.45) is 8.22. The number of nitrogens with one attached hydrogen (secondary N) is 1. The molecule has 1 amide bonds. The van der Waals surface area contributed by atoms with Crippen LogP contribution in [0.5, 0.6) is 0 Å². The number of rotatable bonds is 10. The van der Waals surface area contributed by atoms with E-state index in [1.807, 2.05) is 27.7 Å². The van der Waals surface area contributed by atoms with Crippen molar-refractivity contribution in [1.29, 1.82) is 0 Å². The number of aromatic nitrogens is 6. The van der Waals surface area contributed by atoms with Gasteiger partial charge in [-0.15, -0.1) is 11.3 Å². The topological polar surface area (TPSA) is 152 Å². The number of nitrogens with zero attached hydrogens (tertiary/aromatic N) is 6. The highest BCUT2D eigenvalue weighted by Gasteiger charge is 2.29. The van der Waals surface area contributed by atoms with Crippen molar-refractivity contribution >= 4 is 28.9 Å². The average molecular weight is 643 g/mol. The Hall–Kier alpha value is -4.08. The van der Waals surface area contributed by atoms with Gasteiger partial charge in [-0.2, -0.15) is 14.6 Å². The summed E-state index contributed by atoms with van der Waals surface area (Å²) in [6.45, 7) is 8.01. The van der Waals surface area contributed by atoms with Crippen molar-refractivity contribution in [3.05, 3.63) is 53.6 Å². The van der Waals surface area contributed by atoms with Crippen LogP contribution >= 0.6 is 11.3 Å². The molecule has 4 heterocycles. The van der Waals surface area contributed by atoms with Gasteiger partial charge in [0.2, 0.25) is 5.95 Å². The normalized spacial score (nSPS) is 17.7. The predicted octanol–water partition coefficient (Wildman–Crippen LogP) is 5.19. The van der Waals surface area contributed by atoms with Gasteiger partial charge in [-0.3, -0.25) is 14.3 Å². The number of anilines is 1. The van der Waals surface area contributed by atoms with Gasteiger partial charge in [-0.1, -0.05) is 20.8 Å². The van der Waals surface area contributed by atoms with Gasteiger partial charge in [0.15, 0.2) is 12.5 Å². The van der Waals surface area contributed by atoms with Gasteiger partial charge in [0.05, 0.1) is 24.0 Å². The number of pyridine rings is 1. The summed E-state index contributed by atoms with van der Waals surface area (Å²) in [4.78, 5) is 33.7. The summed E-state index contributed by atoms with van der Waals surface area (Å²) in [6, 6.07) is 1.10. The molecule has 4 aromatic rings. The zero-order valence-corrected chi connectivity index (χ0v) is 26.3. The van der Waals surface area contributed by atoms with Gasteiger partial charge in [0, 0.05) is 29.9 Å². The van der Waals surface area contributed by atoms with Crippen molar-refractivity contribution in [2.45, 2.75) is 78.3 Å². The van der Waals surface area contributed by atoms with Crippen molar-refractivity contribution in [2.24, 2.45) is 11.1 Å². The van der Waals surface area contributed by atoms with Crippen LogP contribution in [0.1, 0.15) is 69.9 Å². The quantitative estimate of drug-likeness (QED) is 0.176. The summed E-state index contributed by atoms with van der Waals surface area (Å²) in [5.41, 5.74) is 6.11. The van der Waals surface area contributed by atoms with Crippen LogP contribution in [0.15, 0.2) is 36.1 Å². The average Bonchev–Trinajstić information content (AvgIpc) is 3.77. The Labute approximate surface area is 263 Å². The first-order valence-corrected chi connectivity index (χ1v) is 15.6. The predicted molar refractivity (Wildman–Crippen MR) is 163 cm³/mol. The lowest BCUT2D eigenvalue weighted by Crippen LogP contribution is -2.43. The maximum Gasteiger partial charge on any atom is 0.325 e. The second-order valence-electron chi connectivity index (χ2n) is 11.9. The molecule has 0 radical (unpaired) electrons. The number of carbonyl (C=O) groups is 2. The monoisotopic (exact) mass is 642 g/mol. The molecule has 4 aromatic heterocycles. The van der Waals surface area contributed by atoms with E-state index >= 15 is 0 Å². The van der Waals surface area contributed by atoms with E-state index in [-0.39, 0.29) is 41.6 Å². The molecular formula is C30H36F2N8O4S. The molecule has 240 valence electrons. The van der Waals surface area contributed by atoms with E-state index in [4.69, 9.17) is 15.2 Å². The number of carbonyl (C=O) groups excluding carboxylic acids is 2. The Bertz CT molecular complexity index is 1660. The zero-order valence-electron chi connectivity index (χ0n) is 25.5. The fraction of sp³-hybridized carbons (Fsp3) is 0.467. The summed E-state index contributed by atoms with van der Waals surface area (Å²) in [5, 5.41) is 13.6. The molecule has 15 heteroatoms. The first-order valence-electron chi connectivity index (χ1n) is 14.7. The molecule has 1 fully saturated rings. The van der Waals surface area contributed by atoms with Crippen LogP contribution in [0.3, 0.4) is 0 Å². The number of hydrogen-bond acceptors (Lipinski definition) is 10. The number of hydrogen-bond donors (Lipinski definition) is 2. The molecule has 1 aliphatic carbocycles. The SMILES string of the molecule is CCOC1CCC(n2cc(NC(=O)c3csc(-c4cnn(COC(=O)[C@H](N)C(C)(C)C)c4)n3)c(-c3nc(F)ccc3F)n2)CC1.